The standard InChI is InChI=1S/C19H20O6/c1-9-7-12(21)14-17(24,8-9)5-6-18-16(23)13-10(3-2-4-11(13)20)15(22)19(14,18)25-18/h2-4,7,12,14-15,20-22,24H,5-6,8H2,1H3/t12-,14+,15?,17+,18-,19+/m0/s1. The van der Waals surface area contributed by atoms with Crippen molar-refractivity contribution in [3.05, 3.63) is 41.0 Å². The molecule has 1 heterocycles. The molecule has 4 aliphatic rings. The van der Waals surface area contributed by atoms with Crippen molar-refractivity contribution in [3.63, 3.8) is 0 Å². The summed E-state index contributed by atoms with van der Waals surface area (Å²) in [4.78, 5) is 13.2. The van der Waals surface area contributed by atoms with Crippen LogP contribution in [0.4, 0.5) is 0 Å². The van der Waals surface area contributed by atoms with Gasteiger partial charge in [-0.15, -0.1) is 0 Å². The lowest BCUT2D eigenvalue weighted by Gasteiger charge is -2.51. The van der Waals surface area contributed by atoms with Crippen LogP contribution in [0.15, 0.2) is 29.8 Å². The monoisotopic (exact) mass is 344 g/mol. The van der Waals surface area contributed by atoms with E-state index in [1.165, 1.54) is 6.07 Å². The lowest BCUT2D eigenvalue weighted by molar-refractivity contribution is -0.137. The molecule has 1 unspecified atom stereocenters. The van der Waals surface area contributed by atoms with E-state index in [0.29, 0.717) is 18.4 Å². The minimum atomic E-state index is -1.35. The molecule has 6 atom stereocenters. The van der Waals surface area contributed by atoms with Gasteiger partial charge in [0.2, 0.25) is 5.78 Å². The number of carbonyl (C=O) groups excluding carboxylic acids is 1. The van der Waals surface area contributed by atoms with Crippen molar-refractivity contribution < 1.29 is 30.0 Å². The molecule has 0 bridgehead atoms. The maximum Gasteiger partial charge on any atom is 0.201 e. The van der Waals surface area contributed by atoms with Crippen LogP contribution in [0, 0.1) is 5.92 Å². The fourth-order valence-electron chi connectivity index (χ4n) is 5.72. The number of rotatable bonds is 0. The molecule has 6 nitrogen and oxygen atoms in total. The number of benzene rings is 1. The third-order valence-corrected chi connectivity index (χ3v) is 6.63. The molecule has 25 heavy (non-hydrogen) atoms. The van der Waals surface area contributed by atoms with Crippen LogP contribution in [-0.4, -0.2) is 49.1 Å². The number of aromatic hydroxyl groups is 1. The van der Waals surface area contributed by atoms with Crippen LogP contribution >= 0.6 is 0 Å². The molecule has 4 N–H and O–H groups in total. The number of ketones is 1. The fraction of sp³-hybridized carbons (Fsp3) is 0.526. The predicted octanol–water partition coefficient (Wildman–Crippen LogP) is 0.982. The molecular formula is C19H20O6. The van der Waals surface area contributed by atoms with E-state index in [-0.39, 0.29) is 23.5 Å². The zero-order valence-corrected chi connectivity index (χ0v) is 13.8. The number of phenols is 1. The number of epoxide rings is 1. The zero-order chi connectivity index (χ0) is 17.8. The normalized spacial score (nSPS) is 47.1. The number of aliphatic hydroxyl groups excluding tert-OH is 2. The van der Waals surface area contributed by atoms with Gasteiger partial charge in [0.1, 0.15) is 17.5 Å². The Hall–Kier alpha value is -1.73. The highest BCUT2D eigenvalue weighted by atomic mass is 16.7. The van der Waals surface area contributed by atoms with Crippen molar-refractivity contribution >= 4 is 5.78 Å². The number of hydrogen-bond donors (Lipinski definition) is 4. The Morgan fingerprint density at radius 1 is 1.24 bits per heavy atom. The summed E-state index contributed by atoms with van der Waals surface area (Å²) < 4.78 is 5.96. The molecule has 0 amide bonds. The minimum Gasteiger partial charge on any atom is -0.507 e. The first-order chi connectivity index (χ1) is 11.8. The van der Waals surface area contributed by atoms with Crippen LogP contribution in [0.3, 0.4) is 0 Å². The van der Waals surface area contributed by atoms with E-state index >= 15 is 0 Å². The summed E-state index contributed by atoms with van der Waals surface area (Å²) in [6.45, 7) is 1.85. The summed E-state index contributed by atoms with van der Waals surface area (Å²) in [6.07, 6.45) is 0.380. The molecule has 0 spiro atoms. The number of phenolic OH excluding ortho intramolecular Hbond substituents is 1. The predicted molar refractivity (Wildman–Crippen MR) is 86.0 cm³/mol. The average Bonchev–Trinajstić information content (AvgIpc) is 3.23. The summed E-state index contributed by atoms with van der Waals surface area (Å²) >= 11 is 0. The highest BCUT2D eigenvalue weighted by Crippen LogP contribution is 2.72. The van der Waals surface area contributed by atoms with E-state index in [4.69, 9.17) is 4.74 Å². The van der Waals surface area contributed by atoms with Crippen molar-refractivity contribution in [2.75, 3.05) is 0 Å². The summed E-state index contributed by atoms with van der Waals surface area (Å²) in [5, 5.41) is 43.1. The summed E-state index contributed by atoms with van der Waals surface area (Å²) in [6, 6.07) is 4.56. The van der Waals surface area contributed by atoms with Gasteiger partial charge < -0.3 is 25.2 Å². The molecule has 1 saturated carbocycles. The molecule has 2 fully saturated rings. The topological polar surface area (TPSA) is 111 Å². The SMILES string of the molecule is CC1=C[C@H](O)[C@@H]2[C@@](O)(CC[C@@]34O[C@@]23C(O)c2cccc(O)c2C4=O)C1. The average molecular weight is 344 g/mol. The number of hydrogen-bond acceptors (Lipinski definition) is 6. The largest absolute Gasteiger partial charge is 0.507 e. The first kappa shape index (κ1) is 15.5. The molecule has 0 aromatic heterocycles. The summed E-state index contributed by atoms with van der Waals surface area (Å²) in [7, 11) is 0. The highest BCUT2D eigenvalue weighted by Gasteiger charge is 2.87. The quantitative estimate of drug-likeness (QED) is 0.412. The smallest absolute Gasteiger partial charge is 0.201 e. The van der Waals surface area contributed by atoms with Gasteiger partial charge in [0.25, 0.3) is 0 Å². The van der Waals surface area contributed by atoms with Crippen LogP contribution in [0.2, 0.25) is 0 Å². The Labute approximate surface area is 144 Å². The van der Waals surface area contributed by atoms with Gasteiger partial charge in [-0.05, 0) is 37.8 Å². The highest BCUT2D eigenvalue weighted by molar-refractivity contribution is 6.10. The number of aliphatic hydroxyl groups is 3. The fourth-order valence-corrected chi connectivity index (χ4v) is 5.72. The summed E-state index contributed by atoms with van der Waals surface area (Å²) in [5.74, 6) is -1.35. The van der Waals surface area contributed by atoms with Gasteiger partial charge in [-0.3, -0.25) is 4.79 Å². The molecule has 6 heteroatoms. The summed E-state index contributed by atoms with van der Waals surface area (Å²) in [5.41, 5.74) is -2.60. The van der Waals surface area contributed by atoms with Crippen molar-refractivity contribution in [1.29, 1.82) is 0 Å². The second kappa shape index (κ2) is 4.32. The third-order valence-electron chi connectivity index (χ3n) is 6.63. The minimum absolute atomic E-state index is 0.0885. The van der Waals surface area contributed by atoms with E-state index < -0.39 is 34.9 Å². The maximum atomic E-state index is 13.2. The second-order valence-electron chi connectivity index (χ2n) is 7.96. The van der Waals surface area contributed by atoms with Crippen molar-refractivity contribution in [3.8, 4) is 5.75 Å². The van der Waals surface area contributed by atoms with Crippen LogP contribution in [0.25, 0.3) is 0 Å². The van der Waals surface area contributed by atoms with Crippen LogP contribution in [0.5, 0.6) is 5.75 Å². The number of fused-ring (bicyclic) bond motifs is 2. The van der Waals surface area contributed by atoms with Crippen LogP contribution in [0.1, 0.15) is 48.2 Å². The third kappa shape index (κ3) is 1.53. The van der Waals surface area contributed by atoms with Crippen LogP contribution in [-0.2, 0) is 4.74 Å². The lowest BCUT2D eigenvalue weighted by Crippen LogP contribution is -2.63. The molecule has 132 valence electrons. The Bertz CT molecular complexity index is 846. The first-order valence-corrected chi connectivity index (χ1v) is 8.59. The van der Waals surface area contributed by atoms with Gasteiger partial charge in [0, 0.05) is 0 Å². The number of ether oxygens (including phenoxy) is 1. The first-order valence-electron chi connectivity index (χ1n) is 8.59. The number of carbonyl (C=O) groups is 1. The molecule has 1 aliphatic heterocycles. The van der Waals surface area contributed by atoms with Gasteiger partial charge >= 0.3 is 0 Å². The van der Waals surface area contributed by atoms with Crippen LogP contribution < -0.4 is 0 Å². The maximum absolute atomic E-state index is 13.2. The van der Waals surface area contributed by atoms with E-state index in [9.17, 15) is 25.2 Å². The molecule has 1 saturated heterocycles. The van der Waals surface area contributed by atoms with E-state index in [2.05, 4.69) is 0 Å². The Morgan fingerprint density at radius 3 is 2.76 bits per heavy atom. The molecule has 1 aromatic carbocycles. The second-order valence-corrected chi connectivity index (χ2v) is 7.96. The molecular weight excluding hydrogens is 324 g/mol. The zero-order valence-electron chi connectivity index (χ0n) is 13.8. The molecule has 1 aromatic rings. The molecule has 3 aliphatic carbocycles. The van der Waals surface area contributed by atoms with E-state index in [1.807, 2.05) is 6.92 Å². The Morgan fingerprint density at radius 2 is 2.00 bits per heavy atom. The van der Waals surface area contributed by atoms with Gasteiger partial charge in [0.15, 0.2) is 5.60 Å². The molecule has 5 rings (SSSR count). The van der Waals surface area contributed by atoms with Gasteiger partial charge in [0.05, 0.1) is 23.2 Å². The lowest BCUT2D eigenvalue weighted by atomic mass is 9.53. The van der Waals surface area contributed by atoms with E-state index in [0.717, 1.165) is 5.57 Å². The van der Waals surface area contributed by atoms with Gasteiger partial charge in [-0.1, -0.05) is 23.8 Å². The number of Topliss-reactive ketones (excluding diaryl/α,β-unsaturated/α-hetero) is 1. The Balaban J connectivity index is 1.74. The van der Waals surface area contributed by atoms with E-state index in [1.54, 1.807) is 18.2 Å². The van der Waals surface area contributed by atoms with Crippen molar-refractivity contribution in [1.82, 2.24) is 0 Å². The van der Waals surface area contributed by atoms with Crippen molar-refractivity contribution in [2.45, 2.75) is 55.2 Å². The van der Waals surface area contributed by atoms with Gasteiger partial charge in [-0.2, -0.15) is 0 Å². The van der Waals surface area contributed by atoms with Crippen molar-refractivity contribution in [2.24, 2.45) is 5.92 Å². The molecule has 0 radical (unpaired) electrons. The Kier molecular flexibility index (Phi) is 2.68. The van der Waals surface area contributed by atoms with Gasteiger partial charge in [-0.25, -0.2) is 0 Å².